The van der Waals surface area contributed by atoms with Crippen LogP contribution in [0.3, 0.4) is 0 Å². The molecule has 0 bridgehead atoms. The van der Waals surface area contributed by atoms with Gasteiger partial charge in [-0.2, -0.15) is 5.54 Å². The van der Waals surface area contributed by atoms with E-state index in [0.717, 1.165) is 30.5 Å². The fourth-order valence-electron chi connectivity index (χ4n) is 4.09. The average molecular weight is 384 g/mol. The van der Waals surface area contributed by atoms with Gasteiger partial charge >= 0.3 is 0 Å². The minimum Gasteiger partial charge on any atom is -0.338 e. The normalized spacial score (nSPS) is 17.5. The first kappa shape index (κ1) is 18.6. The second-order valence-corrected chi connectivity index (χ2v) is 7.44. The molecule has 7 heteroatoms. The summed E-state index contributed by atoms with van der Waals surface area (Å²) in [4.78, 5) is 21.5. The van der Waals surface area contributed by atoms with Gasteiger partial charge in [-0.3, -0.25) is 9.69 Å². The van der Waals surface area contributed by atoms with Crippen LogP contribution in [0.25, 0.3) is 22.4 Å². The number of fused-ring (bicyclic) bond motifs is 1. The van der Waals surface area contributed by atoms with Gasteiger partial charge in [-0.1, -0.05) is 16.6 Å². The molecular weight excluding hydrogens is 362 g/mol. The summed E-state index contributed by atoms with van der Waals surface area (Å²) in [6.45, 7) is 5.33. The molecule has 5 nitrogen and oxygen atoms in total. The van der Waals surface area contributed by atoms with Crippen LogP contribution in [-0.2, 0) is 0 Å². The van der Waals surface area contributed by atoms with E-state index in [1.807, 2.05) is 6.07 Å². The molecular formula is C21H22F2N4O. The van der Waals surface area contributed by atoms with Crippen molar-refractivity contribution in [2.45, 2.75) is 38.8 Å². The zero-order valence-corrected chi connectivity index (χ0v) is 15.8. The highest BCUT2D eigenvalue weighted by Gasteiger charge is 2.28. The lowest BCUT2D eigenvalue weighted by Crippen LogP contribution is -2.30. The largest absolute Gasteiger partial charge is 0.338 e. The number of carbonyl (C=O) groups excluding carboxylic acids is 1. The summed E-state index contributed by atoms with van der Waals surface area (Å²) in [5, 5.41) is 0. The number of H-pyrrole nitrogens is 1. The molecule has 0 radical (unpaired) electrons. The van der Waals surface area contributed by atoms with Gasteiger partial charge < -0.3 is 4.98 Å². The maximum atomic E-state index is 15.0. The molecule has 3 aromatic rings. The lowest BCUT2D eigenvalue weighted by atomic mass is 10.0. The zero-order chi connectivity index (χ0) is 19.8. The molecule has 4 rings (SSSR count). The van der Waals surface area contributed by atoms with Gasteiger partial charge in [0.25, 0.3) is 5.91 Å². The van der Waals surface area contributed by atoms with Crippen molar-refractivity contribution in [3.8, 4) is 11.4 Å². The molecule has 2 heterocycles. The third-order valence-electron chi connectivity index (χ3n) is 5.43. The van der Waals surface area contributed by atoms with Crippen LogP contribution in [-0.4, -0.2) is 33.4 Å². The number of hydrogen-bond acceptors (Lipinski definition) is 3. The monoisotopic (exact) mass is 384 g/mol. The number of carbonyl (C=O) groups is 1. The van der Waals surface area contributed by atoms with E-state index < -0.39 is 5.91 Å². The predicted octanol–water partition coefficient (Wildman–Crippen LogP) is 4.53. The Morgan fingerprint density at radius 2 is 2.14 bits per heavy atom. The summed E-state index contributed by atoms with van der Waals surface area (Å²) in [5.41, 5.74) is 3.34. The van der Waals surface area contributed by atoms with Crippen molar-refractivity contribution in [1.29, 1.82) is 0 Å². The lowest BCUT2D eigenvalue weighted by molar-refractivity contribution is 0.0861. The molecule has 1 saturated heterocycles. The van der Waals surface area contributed by atoms with Crippen molar-refractivity contribution in [2.24, 2.45) is 0 Å². The predicted molar refractivity (Wildman–Crippen MR) is 104 cm³/mol. The summed E-state index contributed by atoms with van der Waals surface area (Å²) in [6.07, 6.45) is 2.12. The Morgan fingerprint density at radius 1 is 1.32 bits per heavy atom. The molecule has 0 aliphatic carbocycles. The van der Waals surface area contributed by atoms with Gasteiger partial charge in [-0.15, -0.1) is 0 Å². The molecule has 1 aliphatic heterocycles. The van der Waals surface area contributed by atoms with Gasteiger partial charge in [0.15, 0.2) is 0 Å². The molecule has 1 aliphatic rings. The lowest BCUT2D eigenvalue weighted by Gasteiger charge is -2.28. The molecule has 1 fully saturated rings. The first-order valence-electron chi connectivity index (χ1n) is 9.45. The maximum absolute atomic E-state index is 15.0. The number of nitrogens with zero attached hydrogens (tertiary/aromatic N) is 2. The molecule has 146 valence electrons. The van der Waals surface area contributed by atoms with E-state index in [1.165, 1.54) is 6.07 Å². The minimum absolute atomic E-state index is 0.0954. The summed E-state index contributed by atoms with van der Waals surface area (Å²) < 4.78 is 27.5. The number of halogens is 2. The Hall–Kier alpha value is -2.80. The van der Waals surface area contributed by atoms with Crippen LogP contribution in [0.5, 0.6) is 0 Å². The zero-order valence-electron chi connectivity index (χ0n) is 15.8. The molecule has 1 atom stereocenters. The van der Waals surface area contributed by atoms with Crippen molar-refractivity contribution in [3.05, 3.63) is 53.3 Å². The number of aromatic amines is 1. The van der Waals surface area contributed by atoms with E-state index in [4.69, 9.17) is 0 Å². The second-order valence-electron chi connectivity index (χ2n) is 7.44. The Balaban J connectivity index is 1.71. The highest BCUT2D eigenvalue weighted by atomic mass is 19.2. The number of nitrogens with one attached hydrogen (secondary N) is 2. The number of likely N-dealkylation sites (tertiary alicyclic amines) is 1. The summed E-state index contributed by atoms with van der Waals surface area (Å²) in [7, 11) is 0. The smallest absolute Gasteiger partial charge is 0.281 e. The molecule has 1 unspecified atom stereocenters. The van der Waals surface area contributed by atoms with E-state index in [1.54, 1.807) is 24.3 Å². The number of imidazole rings is 1. The average Bonchev–Trinajstić information content (AvgIpc) is 3.33. The van der Waals surface area contributed by atoms with E-state index in [0.29, 0.717) is 28.5 Å². The van der Waals surface area contributed by atoms with Gasteiger partial charge in [-0.05, 0) is 63.1 Å². The Morgan fingerprint density at radius 3 is 2.86 bits per heavy atom. The quantitative estimate of drug-likeness (QED) is 0.650. The maximum Gasteiger partial charge on any atom is 0.281 e. The van der Waals surface area contributed by atoms with Crippen molar-refractivity contribution in [1.82, 2.24) is 20.4 Å². The SMILES string of the molecule is CC(C)N1CCCC1c1ccc(-c2nc3c(C(=O)NF)cccc3[nH]2)c(F)c1. The fourth-order valence-corrected chi connectivity index (χ4v) is 4.09. The Kier molecular flexibility index (Phi) is 4.85. The van der Waals surface area contributed by atoms with E-state index in [-0.39, 0.29) is 17.4 Å². The number of hydrogen-bond donors (Lipinski definition) is 2. The topological polar surface area (TPSA) is 61.0 Å². The van der Waals surface area contributed by atoms with Crippen LogP contribution in [0.15, 0.2) is 36.4 Å². The van der Waals surface area contributed by atoms with Crippen LogP contribution in [0, 0.1) is 5.82 Å². The summed E-state index contributed by atoms with van der Waals surface area (Å²) in [5.74, 6) is -0.941. The molecule has 2 aromatic carbocycles. The molecule has 0 spiro atoms. The van der Waals surface area contributed by atoms with Crippen LogP contribution in [0.2, 0.25) is 0 Å². The molecule has 1 amide bonds. The second kappa shape index (κ2) is 7.31. The van der Waals surface area contributed by atoms with Crippen LogP contribution in [0.4, 0.5) is 8.87 Å². The van der Waals surface area contributed by atoms with Crippen molar-refractivity contribution < 1.29 is 13.7 Å². The number of rotatable bonds is 4. The van der Waals surface area contributed by atoms with Gasteiger partial charge in [0, 0.05) is 12.1 Å². The summed E-state index contributed by atoms with van der Waals surface area (Å²) in [6, 6.07) is 10.7. The first-order chi connectivity index (χ1) is 13.5. The standard InChI is InChI=1S/C21H22F2N4O/c1-12(2)27-10-4-7-18(27)13-8-9-14(16(22)11-13)20-24-17-6-3-5-15(19(17)25-20)21(28)26-23/h3,5-6,8-9,11-12,18H,4,7,10H2,1-2H3,(H,24,25)(H,26,28). The van der Waals surface area contributed by atoms with Crippen molar-refractivity contribution in [2.75, 3.05) is 6.54 Å². The molecule has 28 heavy (non-hydrogen) atoms. The first-order valence-corrected chi connectivity index (χ1v) is 9.45. The van der Waals surface area contributed by atoms with Gasteiger partial charge in [0.2, 0.25) is 0 Å². The van der Waals surface area contributed by atoms with E-state index >= 15 is 0 Å². The molecule has 2 N–H and O–H groups in total. The molecule has 1 aromatic heterocycles. The van der Waals surface area contributed by atoms with Crippen LogP contribution in [0.1, 0.15) is 48.7 Å². The van der Waals surface area contributed by atoms with Crippen molar-refractivity contribution in [3.63, 3.8) is 0 Å². The van der Waals surface area contributed by atoms with Crippen molar-refractivity contribution >= 4 is 16.9 Å². The minimum atomic E-state index is -0.880. The Labute approximate surface area is 161 Å². The van der Waals surface area contributed by atoms with Gasteiger partial charge in [0.05, 0.1) is 16.6 Å². The third-order valence-corrected chi connectivity index (χ3v) is 5.43. The van der Waals surface area contributed by atoms with E-state index in [2.05, 4.69) is 28.7 Å². The number of aromatic nitrogens is 2. The highest BCUT2D eigenvalue weighted by Crippen LogP contribution is 2.35. The molecule has 0 saturated carbocycles. The highest BCUT2D eigenvalue weighted by molar-refractivity contribution is 6.04. The van der Waals surface area contributed by atoms with Crippen LogP contribution >= 0.6 is 0 Å². The van der Waals surface area contributed by atoms with Gasteiger partial charge in [-0.25, -0.2) is 9.37 Å². The van der Waals surface area contributed by atoms with Gasteiger partial charge in [0.1, 0.15) is 17.2 Å². The number of amides is 1. The third kappa shape index (κ3) is 3.16. The van der Waals surface area contributed by atoms with E-state index in [9.17, 15) is 13.7 Å². The fraction of sp³-hybridized carbons (Fsp3) is 0.333. The number of para-hydroxylation sites is 1. The number of benzene rings is 2. The Bertz CT molecular complexity index is 1030. The van der Waals surface area contributed by atoms with Crippen LogP contribution < -0.4 is 5.54 Å². The summed E-state index contributed by atoms with van der Waals surface area (Å²) >= 11 is 0.